The van der Waals surface area contributed by atoms with Crippen LogP contribution < -0.4 is 10.9 Å². The van der Waals surface area contributed by atoms with Gasteiger partial charge in [0.2, 0.25) is 5.95 Å². The zero-order valence-electron chi connectivity index (χ0n) is 9.39. The van der Waals surface area contributed by atoms with E-state index in [0.717, 1.165) is 30.8 Å². The SMILES string of the molecule is O=c1cc(-c2ccccc2)nc2n1CCCN2. The van der Waals surface area contributed by atoms with Crippen LogP contribution in [0.1, 0.15) is 6.42 Å². The molecule has 0 atom stereocenters. The minimum absolute atomic E-state index is 0.0149. The van der Waals surface area contributed by atoms with Crippen LogP contribution in [0.4, 0.5) is 5.95 Å². The Morgan fingerprint density at radius 2 is 2.06 bits per heavy atom. The second-order valence-electron chi connectivity index (χ2n) is 4.10. The number of anilines is 1. The Labute approximate surface area is 98.9 Å². The van der Waals surface area contributed by atoms with Crippen LogP contribution in [-0.2, 0) is 6.54 Å². The molecular weight excluding hydrogens is 214 g/mol. The minimum Gasteiger partial charge on any atom is -0.355 e. The van der Waals surface area contributed by atoms with Gasteiger partial charge in [-0.3, -0.25) is 9.36 Å². The minimum atomic E-state index is 0.0149. The van der Waals surface area contributed by atoms with Crippen molar-refractivity contribution in [2.75, 3.05) is 11.9 Å². The van der Waals surface area contributed by atoms with Crippen molar-refractivity contribution >= 4 is 5.95 Å². The smallest absolute Gasteiger partial charge is 0.255 e. The Morgan fingerprint density at radius 1 is 1.24 bits per heavy atom. The number of nitrogens with one attached hydrogen (secondary N) is 1. The van der Waals surface area contributed by atoms with Gasteiger partial charge in [0, 0.05) is 24.7 Å². The summed E-state index contributed by atoms with van der Waals surface area (Å²) in [4.78, 5) is 16.4. The summed E-state index contributed by atoms with van der Waals surface area (Å²) in [6.45, 7) is 1.63. The van der Waals surface area contributed by atoms with Crippen molar-refractivity contribution in [3.63, 3.8) is 0 Å². The van der Waals surface area contributed by atoms with E-state index in [4.69, 9.17) is 0 Å². The lowest BCUT2D eigenvalue weighted by Gasteiger charge is -2.19. The van der Waals surface area contributed by atoms with Gasteiger partial charge in [-0.15, -0.1) is 0 Å². The summed E-state index contributed by atoms with van der Waals surface area (Å²) in [7, 11) is 0. The molecule has 86 valence electrons. The van der Waals surface area contributed by atoms with Gasteiger partial charge in [0.05, 0.1) is 5.69 Å². The van der Waals surface area contributed by atoms with Gasteiger partial charge in [-0.1, -0.05) is 30.3 Å². The highest BCUT2D eigenvalue weighted by molar-refractivity contribution is 5.59. The molecule has 0 bridgehead atoms. The first kappa shape index (κ1) is 10.1. The molecule has 0 radical (unpaired) electrons. The van der Waals surface area contributed by atoms with Crippen molar-refractivity contribution in [3.05, 3.63) is 46.8 Å². The van der Waals surface area contributed by atoms with Crippen molar-refractivity contribution in [3.8, 4) is 11.3 Å². The number of aromatic nitrogens is 2. The van der Waals surface area contributed by atoms with E-state index >= 15 is 0 Å². The van der Waals surface area contributed by atoms with Crippen molar-refractivity contribution < 1.29 is 0 Å². The van der Waals surface area contributed by atoms with Crippen LogP contribution in [0.2, 0.25) is 0 Å². The van der Waals surface area contributed by atoms with Gasteiger partial charge in [0.25, 0.3) is 5.56 Å². The first-order valence-corrected chi connectivity index (χ1v) is 5.76. The van der Waals surface area contributed by atoms with Gasteiger partial charge >= 0.3 is 0 Å². The van der Waals surface area contributed by atoms with Crippen LogP contribution in [0, 0.1) is 0 Å². The van der Waals surface area contributed by atoms with E-state index in [2.05, 4.69) is 10.3 Å². The molecule has 0 unspecified atom stereocenters. The van der Waals surface area contributed by atoms with Crippen LogP contribution in [0.3, 0.4) is 0 Å². The Balaban J connectivity index is 2.14. The van der Waals surface area contributed by atoms with Gasteiger partial charge in [-0.2, -0.15) is 0 Å². The maximum atomic E-state index is 11.9. The molecule has 2 heterocycles. The lowest BCUT2D eigenvalue weighted by Crippen LogP contribution is -2.29. The third-order valence-electron chi connectivity index (χ3n) is 2.92. The maximum absolute atomic E-state index is 11.9. The molecular formula is C13H13N3O. The van der Waals surface area contributed by atoms with Crippen LogP contribution in [-0.4, -0.2) is 16.1 Å². The Kier molecular flexibility index (Phi) is 2.40. The first-order chi connectivity index (χ1) is 8.34. The topological polar surface area (TPSA) is 46.9 Å². The zero-order valence-corrected chi connectivity index (χ0v) is 9.39. The summed E-state index contributed by atoms with van der Waals surface area (Å²) < 4.78 is 1.69. The Hall–Kier alpha value is -2.10. The molecule has 17 heavy (non-hydrogen) atoms. The van der Waals surface area contributed by atoms with Crippen LogP contribution in [0.5, 0.6) is 0 Å². The first-order valence-electron chi connectivity index (χ1n) is 5.76. The molecule has 0 spiro atoms. The van der Waals surface area contributed by atoms with Gasteiger partial charge in [0.1, 0.15) is 0 Å². The van der Waals surface area contributed by atoms with Gasteiger partial charge in [-0.05, 0) is 6.42 Å². The molecule has 4 nitrogen and oxygen atoms in total. The molecule has 1 aromatic heterocycles. The third-order valence-corrected chi connectivity index (χ3v) is 2.92. The van der Waals surface area contributed by atoms with Gasteiger partial charge in [0.15, 0.2) is 0 Å². The monoisotopic (exact) mass is 227 g/mol. The predicted molar refractivity (Wildman–Crippen MR) is 67.0 cm³/mol. The average molecular weight is 227 g/mol. The van der Waals surface area contributed by atoms with Crippen molar-refractivity contribution in [1.29, 1.82) is 0 Å². The molecule has 3 rings (SSSR count). The molecule has 4 heteroatoms. The summed E-state index contributed by atoms with van der Waals surface area (Å²) in [6, 6.07) is 11.4. The molecule has 0 aliphatic carbocycles. The van der Waals surface area contributed by atoms with E-state index in [1.165, 1.54) is 0 Å². The highest BCUT2D eigenvalue weighted by Crippen LogP contribution is 2.17. The number of fused-ring (bicyclic) bond motifs is 1. The molecule has 1 N–H and O–H groups in total. The maximum Gasteiger partial charge on any atom is 0.255 e. The molecule has 1 aliphatic rings. The standard InChI is InChI=1S/C13H13N3O/c17-12-9-11(10-5-2-1-3-6-10)15-13-14-7-4-8-16(12)13/h1-3,5-6,9H,4,7-8H2,(H,14,15). The molecule has 0 saturated heterocycles. The normalized spacial score (nSPS) is 13.9. The zero-order chi connectivity index (χ0) is 11.7. The summed E-state index contributed by atoms with van der Waals surface area (Å²) in [5.41, 5.74) is 1.72. The van der Waals surface area contributed by atoms with E-state index in [1.54, 1.807) is 10.6 Å². The number of hydrogen-bond donors (Lipinski definition) is 1. The van der Waals surface area contributed by atoms with Crippen molar-refractivity contribution in [1.82, 2.24) is 9.55 Å². The highest BCUT2D eigenvalue weighted by Gasteiger charge is 2.12. The summed E-state index contributed by atoms with van der Waals surface area (Å²) in [5, 5.41) is 3.17. The fourth-order valence-electron chi connectivity index (χ4n) is 2.05. The highest BCUT2D eigenvalue weighted by atomic mass is 16.1. The molecule has 1 aromatic carbocycles. The fourth-order valence-corrected chi connectivity index (χ4v) is 2.05. The van der Waals surface area contributed by atoms with E-state index in [1.807, 2.05) is 30.3 Å². The molecule has 0 fully saturated rings. The average Bonchev–Trinajstić information content (AvgIpc) is 2.40. The summed E-state index contributed by atoms with van der Waals surface area (Å²) in [5.74, 6) is 0.683. The lowest BCUT2D eigenvalue weighted by atomic mass is 10.1. The third kappa shape index (κ3) is 1.82. The number of benzene rings is 1. The van der Waals surface area contributed by atoms with E-state index in [-0.39, 0.29) is 5.56 Å². The largest absolute Gasteiger partial charge is 0.355 e. The summed E-state index contributed by atoms with van der Waals surface area (Å²) in [6.07, 6.45) is 0.971. The predicted octanol–water partition coefficient (Wildman–Crippen LogP) is 1.73. The molecule has 2 aromatic rings. The molecule has 1 aliphatic heterocycles. The number of nitrogens with zero attached hydrogens (tertiary/aromatic N) is 2. The fraction of sp³-hybridized carbons (Fsp3) is 0.231. The van der Waals surface area contributed by atoms with Gasteiger partial charge < -0.3 is 5.32 Å². The summed E-state index contributed by atoms with van der Waals surface area (Å²) >= 11 is 0. The lowest BCUT2D eigenvalue weighted by molar-refractivity contribution is 0.597. The Morgan fingerprint density at radius 3 is 2.88 bits per heavy atom. The van der Waals surface area contributed by atoms with E-state index in [0.29, 0.717) is 5.95 Å². The molecule has 0 saturated carbocycles. The Bertz CT molecular complexity index is 589. The quantitative estimate of drug-likeness (QED) is 0.807. The van der Waals surface area contributed by atoms with Crippen LogP contribution in [0.15, 0.2) is 41.2 Å². The second kappa shape index (κ2) is 4.05. The number of hydrogen-bond acceptors (Lipinski definition) is 3. The van der Waals surface area contributed by atoms with E-state index in [9.17, 15) is 4.79 Å². The second-order valence-corrected chi connectivity index (χ2v) is 4.10. The number of rotatable bonds is 1. The van der Waals surface area contributed by atoms with Crippen LogP contribution >= 0.6 is 0 Å². The van der Waals surface area contributed by atoms with E-state index < -0.39 is 0 Å². The van der Waals surface area contributed by atoms with Crippen molar-refractivity contribution in [2.24, 2.45) is 0 Å². The van der Waals surface area contributed by atoms with Crippen LogP contribution in [0.25, 0.3) is 11.3 Å². The van der Waals surface area contributed by atoms with Crippen molar-refractivity contribution in [2.45, 2.75) is 13.0 Å². The molecule has 0 amide bonds. The van der Waals surface area contributed by atoms with Gasteiger partial charge in [-0.25, -0.2) is 4.98 Å².